The highest BCUT2D eigenvalue weighted by Gasteiger charge is 2.20. The summed E-state index contributed by atoms with van der Waals surface area (Å²) in [7, 11) is 0. The number of carbonyl (C=O) groups excluding carboxylic acids is 1. The second kappa shape index (κ2) is 69.4. The molecule has 0 radical (unpaired) electrons. The molecule has 2 unspecified atom stereocenters. The van der Waals surface area contributed by atoms with E-state index in [9.17, 15) is 15.0 Å². The Hall–Kier alpha value is -1.91. The average molecular weight is 1090 g/mol. The van der Waals surface area contributed by atoms with Crippen molar-refractivity contribution in [2.75, 3.05) is 6.61 Å². The molecule has 4 heteroatoms. The van der Waals surface area contributed by atoms with Gasteiger partial charge in [-0.25, -0.2) is 0 Å². The summed E-state index contributed by atoms with van der Waals surface area (Å²) in [5.74, 6) is -0.0256. The Labute approximate surface area is 489 Å². The Kier molecular flexibility index (Phi) is 67.7. The lowest BCUT2D eigenvalue weighted by molar-refractivity contribution is -0.123. The van der Waals surface area contributed by atoms with E-state index in [1.807, 2.05) is 0 Å². The van der Waals surface area contributed by atoms with Gasteiger partial charge in [0, 0.05) is 6.42 Å². The first kappa shape index (κ1) is 76.1. The van der Waals surface area contributed by atoms with Crippen LogP contribution in [-0.2, 0) is 4.79 Å². The smallest absolute Gasteiger partial charge is 0.220 e. The van der Waals surface area contributed by atoms with Gasteiger partial charge in [-0.3, -0.25) is 4.79 Å². The van der Waals surface area contributed by atoms with Crippen molar-refractivity contribution in [2.45, 2.75) is 398 Å². The Morgan fingerprint density at radius 3 is 0.846 bits per heavy atom. The van der Waals surface area contributed by atoms with Crippen LogP contribution in [0.3, 0.4) is 0 Å². The highest BCUT2D eigenvalue weighted by Crippen LogP contribution is 2.19. The van der Waals surface area contributed by atoms with Crippen molar-refractivity contribution in [3.63, 3.8) is 0 Å². The zero-order chi connectivity index (χ0) is 56.2. The Morgan fingerprint density at radius 2 is 0.564 bits per heavy atom. The first-order valence-corrected chi connectivity index (χ1v) is 35.5. The molecule has 0 aliphatic carbocycles. The number of aliphatic hydroxyl groups is 2. The third kappa shape index (κ3) is 64.9. The predicted molar refractivity (Wildman–Crippen MR) is 350 cm³/mol. The summed E-state index contributed by atoms with van der Waals surface area (Å²) in [4.78, 5) is 12.6. The van der Waals surface area contributed by atoms with Crippen molar-refractivity contribution < 1.29 is 15.0 Å². The molecule has 0 aromatic carbocycles. The average Bonchev–Trinajstić information content (AvgIpc) is 3.44. The van der Waals surface area contributed by atoms with Gasteiger partial charge in [0.1, 0.15) is 0 Å². The molecule has 4 nitrogen and oxygen atoms in total. The van der Waals surface area contributed by atoms with Gasteiger partial charge in [-0.1, -0.05) is 383 Å². The number of unbranched alkanes of at least 4 members (excludes halogenated alkanes) is 49. The van der Waals surface area contributed by atoms with Gasteiger partial charge in [0.05, 0.1) is 18.8 Å². The molecule has 0 bridgehead atoms. The van der Waals surface area contributed by atoms with Crippen molar-refractivity contribution in [3.8, 4) is 0 Å². The summed E-state index contributed by atoms with van der Waals surface area (Å²) in [5, 5.41) is 23.5. The Morgan fingerprint density at radius 1 is 0.321 bits per heavy atom. The van der Waals surface area contributed by atoms with Crippen molar-refractivity contribution >= 4 is 5.91 Å². The standard InChI is InChI=1S/C74H139NO3/c1-3-5-7-9-11-13-15-17-19-21-23-25-27-29-31-33-35-37-39-41-43-45-47-49-51-53-55-57-59-61-63-65-67-69-73(77)72(71-76)75-74(78)70-68-66-64-62-60-58-56-54-52-50-48-46-44-42-40-38-36-34-32-30-28-26-24-22-20-18-16-14-12-10-8-6-4-2/h6,8,12,14,18,20,24,26,30,32,72-73,76-77H,3-5,7,9-11,13,15-17,19,21-23,25,27-29,31,33-71H2,1-2H3,(H,75,78)/b8-6-,14-12-,20-18-,26-24-,32-30-. The summed E-state index contributed by atoms with van der Waals surface area (Å²) in [6, 6.07) is -0.539. The fourth-order valence-corrected chi connectivity index (χ4v) is 11.2. The molecule has 0 aliphatic rings. The molecule has 2 atom stereocenters. The number of allylic oxidation sites excluding steroid dienone is 10. The van der Waals surface area contributed by atoms with Crippen LogP contribution in [0.5, 0.6) is 0 Å². The quantitative estimate of drug-likeness (QED) is 0.0420. The number of hydrogen-bond acceptors (Lipinski definition) is 3. The molecule has 1 amide bonds. The van der Waals surface area contributed by atoms with Crippen LogP contribution >= 0.6 is 0 Å². The minimum absolute atomic E-state index is 0.0256. The molecule has 0 heterocycles. The fraction of sp³-hybridized carbons (Fsp3) is 0.851. The second-order valence-electron chi connectivity index (χ2n) is 24.3. The minimum Gasteiger partial charge on any atom is -0.394 e. The van der Waals surface area contributed by atoms with Crippen LogP contribution in [0.15, 0.2) is 60.8 Å². The van der Waals surface area contributed by atoms with Crippen LogP contribution in [0.1, 0.15) is 386 Å². The van der Waals surface area contributed by atoms with E-state index in [4.69, 9.17) is 0 Å². The SMILES string of the molecule is CC/C=C\C/C=C\C/C=C\C/C=C\C/C=C\CCCCCCCCCCCCCCCCCCCC(=O)NC(CO)C(O)CCCCCCCCCCCCCCCCCCCCCCCCCCCCCCCCCCC. The van der Waals surface area contributed by atoms with Gasteiger partial charge in [-0.15, -0.1) is 0 Å². The van der Waals surface area contributed by atoms with Crippen LogP contribution in [-0.4, -0.2) is 34.9 Å². The normalized spacial score (nSPS) is 13.0. The van der Waals surface area contributed by atoms with Crippen LogP contribution in [0.2, 0.25) is 0 Å². The molecule has 458 valence electrons. The Balaban J connectivity index is 3.40. The zero-order valence-corrected chi connectivity index (χ0v) is 53.0. The lowest BCUT2D eigenvalue weighted by Crippen LogP contribution is -2.45. The topological polar surface area (TPSA) is 69.6 Å². The summed E-state index contributed by atoms with van der Waals surface area (Å²) < 4.78 is 0. The third-order valence-electron chi connectivity index (χ3n) is 16.5. The molecular weight excluding hydrogens is 951 g/mol. The maximum atomic E-state index is 12.6. The number of aliphatic hydroxyl groups excluding tert-OH is 2. The second-order valence-corrected chi connectivity index (χ2v) is 24.3. The maximum absolute atomic E-state index is 12.6. The van der Waals surface area contributed by atoms with E-state index in [0.717, 1.165) is 57.8 Å². The van der Waals surface area contributed by atoms with Gasteiger partial charge in [0.25, 0.3) is 0 Å². The van der Waals surface area contributed by atoms with Crippen LogP contribution < -0.4 is 5.32 Å². The van der Waals surface area contributed by atoms with E-state index in [1.165, 1.54) is 302 Å². The molecule has 3 N–H and O–H groups in total. The van der Waals surface area contributed by atoms with E-state index in [2.05, 4.69) is 79.9 Å². The van der Waals surface area contributed by atoms with E-state index in [0.29, 0.717) is 12.8 Å². The van der Waals surface area contributed by atoms with Gasteiger partial charge in [0.15, 0.2) is 0 Å². The lowest BCUT2D eigenvalue weighted by Gasteiger charge is -2.22. The molecule has 78 heavy (non-hydrogen) atoms. The highest BCUT2D eigenvalue weighted by atomic mass is 16.3. The maximum Gasteiger partial charge on any atom is 0.220 e. The number of amides is 1. The molecular formula is C74H139NO3. The summed E-state index contributed by atoms with van der Waals surface area (Å²) in [6.07, 6.45) is 98.6. The van der Waals surface area contributed by atoms with Gasteiger partial charge >= 0.3 is 0 Å². The zero-order valence-electron chi connectivity index (χ0n) is 53.0. The van der Waals surface area contributed by atoms with Gasteiger partial charge < -0.3 is 15.5 Å². The number of rotatable bonds is 66. The van der Waals surface area contributed by atoms with Crippen molar-refractivity contribution in [3.05, 3.63) is 60.8 Å². The minimum atomic E-state index is -0.663. The number of nitrogens with one attached hydrogen (secondary N) is 1. The van der Waals surface area contributed by atoms with Gasteiger partial charge in [-0.05, 0) is 57.8 Å². The predicted octanol–water partition coefficient (Wildman–Crippen LogP) is 24.3. The van der Waals surface area contributed by atoms with E-state index in [1.54, 1.807) is 0 Å². The highest BCUT2D eigenvalue weighted by molar-refractivity contribution is 5.76. The third-order valence-corrected chi connectivity index (χ3v) is 16.5. The molecule has 0 spiro atoms. The van der Waals surface area contributed by atoms with E-state index in [-0.39, 0.29) is 12.5 Å². The molecule has 0 aliphatic heterocycles. The first-order chi connectivity index (χ1) is 38.7. The molecule has 0 aromatic heterocycles. The molecule has 0 aromatic rings. The molecule has 0 rings (SSSR count). The van der Waals surface area contributed by atoms with Gasteiger partial charge in [-0.2, -0.15) is 0 Å². The number of hydrogen-bond donors (Lipinski definition) is 3. The van der Waals surface area contributed by atoms with Crippen LogP contribution in [0, 0.1) is 0 Å². The van der Waals surface area contributed by atoms with Crippen LogP contribution in [0.4, 0.5) is 0 Å². The van der Waals surface area contributed by atoms with E-state index >= 15 is 0 Å². The van der Waals surface area contributed by atoms with E-state index < -0.39 is 12.1 Å². The lowest BCUT2D eigenvalue weighted by atomic mass is 10.0. The van der Waals surface area contributed by atoms with Crippen molar-refractivity contribution in [1.29, 1.82) is 0 Å². The molecule has 0 saturated carbocycles. The molecule has 0 fully saturated rings. The largest absolute Gasteiger partial charge is 0.394 e. The fourth-order valence-electron chi connectivity index (χ4n) is 11.2. The molecule has 0 saturated heterocycles. The number of carbonyl (C=O) groups is 1. The summed E-state index contributed by atoms with van der Waals surface area (Å²) in [6.45, 7) is 4.29. The van der Waals surface area contributed by atoms with Gasteiger partial charge in [0.2, 0.25) is 5.91 Å². The van der Waals surface area contributed by atoms with Crippen molar-refractivity contribution in [2.24, 2.45) is 0 Å². The monoisotopic (exact) mass is 1090 g/mol. The summed E-state index contributed by atoms with van der Waals surface area (Å²) in [5.41, 5.74) is 0. The van der Waals surface area contributed by atoms with Crippen LogP contribution in [0.25, 0.3) is 0 Å². The Bertz CT molecular complexity index is 1280. The summed E-state index contributed by atoms with van der Waals surface area (Å²) >= 11 is 0. The van der Waals surface area contributed by atoms with Crippen molar-refractivity contribution in [1.82, 2.24) is 5.32 Å². The first-order valence-electron chi connectivity index (χ1n) is 35.5.